The average Bonchev–Trinajstić information content (AvgIpc) is 2.90. The topological polar surface area (TPSA) is 66.8 Å². The van der Waals surface area contributed by atoms with Gasteiger partial charge in [0.15, 0.2) is 15.0 Å². The summed E-state index contributed by atoms with van der Waals surface area (Å²) in [5, 5.41) is -0.0406. The summed E-state index contributed by atoms with van der Waals surface area (Å²) in [6.07, 6.45) is 0.247. The van der Waals surface area contributed by atoms with Crippen molar-refractivity contribution in [1.29, 1.82) is 0 Å². The Labute approximate surface area is 149 Å². The number of carbonyl (C=O) groups excluding carboxylic acids is 1. The molecule has 0 aliphatic carbocycles. The smallest absolute Gasteiger partial charge is 0.248 e. The molecule has 9 heteroatoms. The Kier molecular flexibility index (Phi) is 4.89. The lowest BCUT2D eigenvalue weighted by atomic mass is 10.1. The van der Waals surface area contributed by atoms with Crippen LogP contribution in [0.5, 0.6) is 0 Å². The van der Waals surface area contributed by atoms with Gasteiger partial charge in [-0.15, -0.1) is 0 Å². The summed E-state index contributed by atoms with van der Waals surface area (Å²) in [4.78, 5) is 17.6. The maximum Gasteiger partial charge on any atom is 0.248 e. The predicted molar refractivity (Wildman–Crippen MR) is 94.6 cm³/mol. The number of sulfone groups is 1. The molecule has 136 valence electrons. The maximum atomic E-state index is 14.3. The van der Waals surface area contributed by atoms with Crippen molar-refractivity contribution in [2.45, 2.75) is 31.6 Å². The minimum absolute atomic E-state index is 0.0367. The first kappa shape index (κ1) is 18.3. The first-order valence-electron chi connectivity index (χ1n) is 7.89. The zero-order valence-corrected chi connectivity index (χ0v) is 15.4. The molecule has 0 saturated carbocycles. The molecule has 2 aliphatic heterocycles. The molecule has 3 rings (SSSR count). The van der Waals surface area contributed by atoms with Gasteiger partial charge in [0.25, 0.3) is 0 Å². The number of hydrogen-bond acceptors (Lipinski definition) is 4. The van der Waals surface area contributed by atoms with Crippen LogP contribution in [0.2, 0.25) is 0 Å². The second-order valence-corrected chi connectivity index (χ2v) is 10.0. The average molecular weight is 388 g/mol. The molecule has 1 amide bonds. The second kappa shape index (κ2) is 6.68. The highest BCUT2D eigenvalue weighted by atomic mass is 32.2. The third-order valence-corrected chi connectivity index (χ3v) is 7.25. The van der Waals surface area contributed by atoms with Crippen LogP contribution >= 0.6 is 11.8 Å². The van der Waals surface area contributed by atoms with E-state index in [9.17, 15) is 22.0 Å². The van der Waals surface area contributed by atoms with Gasteiger partial charge in [0.1, 0.15) is 11.6 Å². The lowest BCUT2D eigenvalue weighted by Crippen LogP contribution is -2.38. The molecule has 2 fully saturated rings. The van der Waals surface area contributed by atoms with Crippen molar-refractivity contribution in [3.05, 3.63) is 29.8 Å². The van der Waals surface area contributed by atoms with Gasteiger partial charge in [-0.1, -0.05) is 25.6 Å². The molecule has 1 aromatic rings. The number of hydrogen-bond donors (Lipinski definition) is 0. The van der Waals surface area contributed by atoms with Gasteiger partial charge in [-0.05, 0) is 18.1 Å². The number of thioether (sulfide) groups is 1. The monoisotopic (exact) mass is 388 g/mol. The fraction of sp³-hybridized carbons (Fsp3) is 0.500. The van der Waals surface area contributed by atoms with Crippen LogP contribution in [0.3, 0.4) is 0 Å². The van der Waals surface area contributed by atoms with E-state index in [1.807, 2.05) is 13.8 Å². The van der Waals surface area contributed by atoms with Crippen LogP contribution in [-0.2, 0) is 14.6 Å². The number of aliphatic imine (C=N–C) groups is 1. The molecule has 0 bridgehead atoms. The summed E-state index contributed by atoms with van der Waals surface area (Å²) in [7, 11) is -3.24. The number of fused-ring (bicyclic) bond motifs is 1. The molecule has 25 heavy (non-hydrogen) atoms. The molecule has 0 radical (unpaired) electrons. The normalized spacial score (nSPS) is 26.4. The van der Waals surface area contributed by atoms with Gasteiger partial charge in [-0.25, -0.2) is 17.2 Å². The molecule has 0 spiro atoms. The largest absolute Gasteiger partial charge is 0.313 e. The number of anilines is 1. The summed E-state index contributed by atoms with van der Waals surface area (Å²) in [6.45, 7) is 3.77. The van der Waals surface area contributed by atoms with Crippen molar-refractivity contribution in [3.63, 3.8) is 0 Å². The third kappa shape index (κ3) is 3.87. The van der Waals surface area contributed by atoms with E-state index >= 15 is 0 Å². The van der Waals surface area contributed by atoms with Gasteiger partial charge in [0.05, 0.1) is 23.2 Å². The van der Waals surface area contributed by atoms with Crippen molar-refractivity contribution < 1.29 is 22.0 Å². The lowest BCUT2D eigenvalue weighted by Gasteiger charge is -2.25. The fourth-order valence-corrected chi connectivity index (χ4v) is 6.95. The van der Waals surface area contributed by atoms with E-state index in [1.165, 1.54) is 22.7 Å². The molecule has 1 aromatic carbocycles. The summed E-state index contributed by atoms with van der Waals surface area (Å²) in [6, 6.07) is 2.58. The van der Waals surface area contributed by atoms with Gasteiger partial charge in [0, 0.05) is 17.7 Å². The third-order valence-electron chi connectivity index (χ3n) is 4.04. The molecule has 2 atom stereocenters. The quantitative estimate of drug-likeness (QED) is 0.796. The molecule has 0 aromatic heterocycles. The Morgan fingerprint density at radius 2 is 2.08 bits per heavy atom. The molecule has 5 nitrogen and oxygen atoms in total. The van der Waals surface area contributed by atoms with Gasteiger partial charge < -0.3 is 4.90 Å². The molecule has 2 aliphatic rings. The van der Waals surface area contributed by atoms with Crippen molar-refractivity contribution in [3.8, 4) is 0 Å². The van der Waals surface area contributed by atoms with Crippen molar-refractivity contribution in [2.24, 2.45) is 10.9 Å². The Bertz CT molecular complexity index is 840. The number of halogens is 2. The number of amides is 1. The number of nitrogens with zero attached hydrogens (tertiary/aromatic N) is 2. The van der Waals surface area contributed by atoms with Crippen LogP contribution in [0.1, 0.15) is 20.3 Å². The van der Waals surface area contributed by atoms with E-state index in [1.54, 1.807) is 0 Å². The molecule has 2 heterocycles. The zero-order valence-electron chi connectivity index (χ0n) is 13.8. The molecule has 2 saturated heterocycles. The van der Waals surface area contributed by atoms with Crippen LogP contribution in [0.4, 0.5) is 14.5 Å². The van der Waals surface area contributed by atoms with Crippen LogP contribution < -0.4 is 4.90 Å². The lowest BCUT2D eigenvalue weighted by molar-refractivity contribution is -0.118. The van der Waals surface area contributed by atoms with Gasteiger partial charge in [-0.2, -0.15) is 4.99 Å². The van der Waals surface area contributed by atoms with E-state index in [2.05, 4.69) is 4.99 Å². The molecular weight excluding hydrogens is 370 g/mol. The minimum atomic E-state index is -3.24. The van der Waals surface area contributed by atoms with Gasteiger partial charge >= 0.3 is 0 Å². The highest BCUT2D eigenvalue weighted by Gasteiger charge is 2.50. The number of benzene rings is 1. The zero-order chi connectivity index (χ0) is 18.4. The van der Waals surface area contributed by atoms with Crippen LogP contribution in [-0.4, -0.2) is 42.3 Å². The number of carbonyl (C=O) groups is 1. The van der Waals surface area contributed by atoms with Gasteiger partial charge in [0.2, 0.25) is 5.91 Å². The highest BCUT2D eigenvalue weighted by molar-refractivity contribution is 8.16. The van der Waals surface area contributed by atoms with E-state index in [0.717, 1.165) is 12.1 Å². The summed E-state index contributed by atoms with van der Waals surface area (Å²) in [5.41, 5.74) is 0.0367. The van der Waals surface area contributed by atoms with E-state index in [-0.39, 0.29) is 45.9 Å². The predicted octanol–water partition coefficient (Wildman–Crippen LogP) is 2.61. The van der Waals surface area contributed by atoms with Crippen LogP contribution in [0.25, 0.3) is 0 Å². The Morgan fingerprint density at radius 1 is 1.36 bits per heavy atom. The standard InChI is InChI=1S/C16H18F2N2O3S2/c1-9(2)5-15(21)19-16-20(12-4-3-10(17)6-11(12)18)13-7-25(22,23)8-14(13)24-16/h3-4,6,9,13-14H,5,7-8H2,1-2H3/t13-,14-/m1/s1. The van der Waals surface area contributed by atoms with Gasteiger partial charge in [-0.3, -0.25) is 4.79 Å². The van der Waals surface area contributed by atoms with Crippen molar-refractivity contribution in [2.75, 3.05) is 16.4 Å². The summed E-state index contributed by atoms with van der Waals surface area (Å²) in [5.74, 6) is -1.93. The van der Waals surface area contributed by atoms with E-state index in [4.69, 9.17) is 0 Å². The highest BCUT2D eigenvalue weighted by Crippen LogP contribution is 2.41. The fourth-order valence-electron chi connectivity index (χ4n) is 3.02. The number of rotatable bonds is 3. The molecular formula is C16H18F2N2O3S2. The second-order valence-electron chi connectivity index (χ2n) is 6.65. The van der Waals surface area contributed by atoms with E-state index < -0.39 is 27.5 Å². The summed E-state index contributed by atoms with van der Waals surface area (Å²) < 4.78 is 51.4. The maximum absolute atomic E-state index is 14.3. The number of amidine groups is 1. The Balaban J connectivity index is 2.01. The van der Waals surface area contributed by atoms with Crippen LogP contribution in [0.15, 0.2) is 23.2 Å². The first-order valence-corrected chi connectivity index (χ1v) is 10.6. The van der Waals surface area contributed by atoms with Crippen molar-refractivity contribution in [1.82, 2.24) is 0 Å². The molecule has 0 N–H and O–H groups in total. The molecule has 0 unspecified atom stereocenters. The summed E-state index contributed by atoms with van der Waals surface area (Å²) >= 11 is 1.17. The van der Waals surface area contributed by atoms with Crippen LogP contribution in [0, 0.1) is 17.6 Å². The Morgan fingerprint density at radius 3 is 2.72 bits per heavy atom. The SMILES string of the molecule is CC(C)CC(=O)N=C1S[C@@H]2CS(=O)(=O)C[C@H]2N1c1ccc(F)cc1F. The minimum Gasteiger partial charge on any atom is -0.313 e. The van der Waals surface area contributed by atoms with E-state index in [0.29, 0.717) is 0 Å². The Hall–Kier alpha value is -1.48. The van der Waals surface area contributed by atoms with Crippen molar-refractivity contribution >= 4 is 38.4 Å². The first-order chi connectivity index (χ1) is 11.7.